The van der Waals surface area contributed by atoms with Gasteiger partial charge in [0.1, 0.15) is 0 Å². The van der Waals surface area contributed by atoms with Crippen molar-refractivity contribution in [2.75, 3.05) is 19.7 Å². The highest BCUT2D eigenvalue weighted by Gasteiger charge is 2.15. The normalized spacial score (nSPS) is 19.1. The Hall–Kier alpha value is -0.900. The molecule has 6 heteroatoms. The van der Waals surface area contributed by atoms with Gasteiger partial charge in [-0.15, -0.1) is 0 Å². The van der Waals surface area contributed by atoms with Gasteiger partial charge in [0, 0.05) is 6.54 Å². The van der Waals surface area contributed by atoms with E-state index in [9.17, 15) is 0 Å². The Labute approximate surface area is 115 Å². The molecule has 1 aliphatic heterocycles. The molecule has 0 spiro atoms. The number of halogens is 2. The van der Waals surface area contributed by atoms with Crippen LogP contribution in [-0.4, -0.2) is 25.8 Å². The third-order valence-corrected chi connectivity index (χ3v) is 3.24. The maximum Gasteiger partial charge on any atom is 0.373 e. The Morgan fingerprint density at radius 2 is 1.94 bits per heavy atom. The fourth-order valence-corrected chi connectivity index (χ4v) is 2.00. The molecule has 2 rings (SSSR count). The van der Waals surface area contributed by atoms with Gasteiger partial charge in [-0.3, -0.25) is 0 Å². The van der Waals surface area contributed by atoms with Crippen molar-refractivity contribution in [3.8, 4) is 0 Å². The summed E-state index contributed by atoms with van der Waals surface area (Å²) in [6.45, 7) is 2.63. The van der Waals surface area contributed by atoms with Gasteiger partial charge in [0.05, 0.1) is 22.8 Å². The number of rotatable bonds is 1. The molecule has 0 aromatic heterocycles. The minimum absolute atomic E-state index is 0.134. The molecule has 1 N–H and O–H groups in total. The number of ether oxygens (including phenoxy) is 1. The molecule has 0 aliphatic carbocycles. The highest BCUT2D eigenvalue weighted by molar-refractivity contribution is 6.42. The predicted octanol–water partition coefficient (Wildman–Crippen LogP) is 2.46. The van der Waals surface area contributed by atoms with Crippen LogP contribution in [0.2, 0.25) is 10.0 Å². The molecule has 0 radical (unpaired) electrons. The predicted molar refractivity (Wildman–Crippen MR) is 67.6 cm³/mol. The number of carbonyl (C=O) groups excluding carboxylic acids is 2. The van der Waals surface area contributed by atoms with E-state index < -0.39 is 0 Å². The van der Waals surface area contributed by atoms with Gasteiger partial charge in [-0.25, -0.2) is 0 Å². The molecule has 1 heterocycles. The second-order valence-electron chi connectivity index (χ2n) is 3.65. The van der Waals surface area contributed by atoms with Gasteiger partial charge in [-0.1, -0.05) is 29.3 Å². The van der Waals surface area contributed by atoms with Crippen LogP contribution in [0, 0.1) is 0 Å². The van der Waals surface area contributed by atoms with E-state index in [-0.39, 0.29) is 12.3 Å². The number of hydrogen-bond donors (Lipinski definition) is 1. The molecule has 1 aromatic carbocycles. The van der Waals surface area contributed by atoms with E-state index in [1.807, 2.05) is 18.2 Å². The smallest absolute Gasteiger partial charge is 0.372 e. The van der Waals surface area contributed by atoms with E-state index >= 15 is 0 Å². The second-order valence-corrected chi connectivity index (χ2v) is 4.47. The Bertz CT molecular complexity index is 412. The first-order valence-corrected chi connectivity index (χ1v) is 6.21. The maximum absolute atomic E-state index is 8.12. The van der Waals surface area contributed by atoms with Crippen molar-refractivity contribution in [1.82, 2.24) is 5.32 Å². The lowest BCUT2D eigenvalue weighted by molar-refractivity contribution is -0.191. The fourth-order valence-electron chi connectivity index (χ4n) is 1.69. The molecule has 0 amide bonds. The van der Waals surface area contributed by atoms with Gasteiger partial charge in [0.15, 0.2) is 0 Å². The summed E-state index contributed by atoms with van der Waals surface area (Å²) < 4.78 is 5.72. The third kappa shape index (κ3) is 4.77. The van der Waals surface area contributed by atoms with Crippen LogP contribution in [0.1, 0.15) is 18.1 Å². The van der Waals surface area contributed by atoms with Gasteiger partial charge < -0.3 is 10.1 Å². The molecule has 0 saturated carbocycles. The summed E-state index contributed by atoms with van der Waals surface area (Å²) in [5.74, 6) is 0. The van der Waals surface area contributed by atoms with E-state index in [4.69, 9.17) is 37.5 Å². The number of hydrogen-bond acceptors (Lipinski definition) is 4. The maximum atomic E-state index is 8.12. The van der Waals surface area contributed by atoms with E-state index in [2.05, 4.69) is 5.32 Å². The Balaban J connectivity index is 0.000000492. The summed E-state index contributed by atoms with van der Waals surface area (Å²) in [5.41, 5.74) is 1.10. The molecule has 0 unspecified atom stereocenters. The Kier molecular flexibility index (Phi) is 6.94. The lowest BCUT2D eigenvalue weighted by Crippen LogP contribution is -2.16. The van der Waals surface area contributed by atoms with E-state index in [1.165, 1.54) is 0 Å². The van der Waals surface area contributed by atoms with Gasteiger partial charge in [-0.2, -0.15) is 9.59 Å². The van der Waals surface area contributed by atoms with E-state index in [0.29, 0.717) is 10.0 Å². The number of benzene rings is 1. The van der Waals surface area contributed by atoms with Crippen LogP contribution in [-0.2, 0) is 14.3 Å². The minimum Gasteiger partial charge on any atom is -0.372 e. The highest BCUT2D eigenvalue weighted by atomic mass is 35.5. The fraction of sp³-hybridized carbons (Fsp3) is 0.417. The minimum atomic E-state index is 0.134. The summed E-state index contributed by atoms with van der Waals surface area (Å²) in [4.78, 5) is 16.2. The highest BCUT2D eigenvalue weighted by Crippen LogP contribution is 2.28. The topological polar surface area (TPSA) is 55.4 Å². The van der Waals surface area contributed by atoms with E-state index in [0.717, 1.165) is 31.7 Å². The molecule has 4 nitrogen and oxygen atoms in total. The molecule has 1 aromatic rings. The molecular weight excluding hydrogens is 277 g/mol. The zero-order valence-corrected chi connectivity index (χ0v) is 11.1. The number of nitrogens with one attached hydrogen (secondary N) is 1. The lowest BCUT2D eigenvalue weighted by atomic mass is 10.1. The Morgan fingerprint density at radius 3 is 2.61 bits per heavy atom. The largest absolute Gasteiger partial charge is 0.373 e. The summed E-state index contributed by atoms with van der Waals surface area (Å²) in [6.07, 6.45) is 1.35. The molecule has 98 valence electrons. The standard InChI is InChI=1S/C11H13Cl2NO.CO2/c12-9-2-1-8(7-10(9)13)11-3-4-14-5-6-15-11;2-1-3/h1-2,7,11,14H,3-6H2;/t11-;/m1./s1. The average Bonchev–Trinajstić information content (AvgIpc) is 2.62. The first kappa shape index (κ1) is 15.2. The van der Waals surface area contributed by atoms with Crippen LogP contribution < -0.4 is 5.32 Å². The van der Waals surface area contributed by atoms with Crippen molar-refractivity contribution in [2.24, 2.45) is 0 Å². The summed E-state index contributed by atoms with van der Waals surface area (Å²) in [7, 11) is 0. The summed E-state index contributed by atoms with van der Waals surface area (Å²) in [5, 5.41) is 4.47. The monoisotopic (exact) mass is 289 g/mol. The van der Waals surface area contributed by atoms with Gasteiger partial charge in [0.2, 0.25) is 0 Å². The van der Waals surface area contributed by atoms with Crippen molar-refractivity contribution < 1.29 is 14.3 Å². The SMILES string of the molecule is Clc1ccc([C@H]2CCNCCO2)cc1Cl.O=C=O. The molecule has 0 bridgehead atoms. The first-order chi connectivity index (χ1) is 8.69. The lowest BCUT2D eigenvalue weighted by Gasteiger charge is -2.15. The van der Waals surface area contributed by atoms with Crippen molar-refractivity contribution in [1.29, 1.82) is 0 Å². The quantitative estimate of drug-likeness (QED) is 0.863. The molecule has 18 heavy (non-hydrogen) atoms. The van der Waals surface area contributed by atoms with Crippen LogP contribution in [0.3, 0.4) is 0 Å². The molecule has 1 atom stereocenters. The van der Waals surface area contributed by atoms with Gasteiger partial charge in [-0.05, 0) is 30.7 Å². The van der Waals surface area contributed by atoms with Crippen LogP contribution in [0.5, 0.6) is 0 Å². The third-order valence-electron chi connectivity index (χ3n) is 2.50. The van der Waals surface area contributed by atoms with Crippen molar-refractivity contribution >= 4 is 29.4 Å². The molecule has 1 aliphatic rings. The van der Waals surface area contributed by atoms with Gasteiger partial charge in [0.25, 0.3) is 0 Å². The van der Waals surface area contributed by atoms with Crippen LogP contribution >= 0.6 is 23.2 Å². The molecule has 1 saturated heterocycles. The summed E-state index contributed by atoms with van der Waals surface area (Å²) in [6, 6.07) is 5.69. The Morgan fingerprint density at radius 1 is 1.22 bits per heavy atom. The van der Waals surface area contributed by atoms with Crippen molar-refractivity contribution in [3.05, 3.63) is 33.8 Å². The van der Waals surface area contributed by atoms with Crippen LogP contribution in [0.4, 0.5) is 0 Å². The molecule has 1 fully saturated rings. The second kappa shape index (κ2) is 8.25. The van der Waals surface area contributed by atoms with Gasteiger partial charge >= 0.3 is 6.15 Å². The summed E-state index contributed by atoms with van der Waals surface area (Å²) >= 11 is 11.8. The van der Waals surface area contributed by atoms with Crippen LogP contribution in [0.15, 0.2) is 18.2 Å². The van der Waals surface area contributed by atoms with Crippen LogP contribution in [0.25, 0.3) is 0 Å². The molecular formula is C12H13Cl2NO3. The van der Waals surface area contributed by atoms with Crippen molar-refractivity contribution in [3.63, 3.8) is 0 Å². The zero-order chi connectivity index (χ0) is 13.4. The van der Waals surface area contributed by atoms with E-state index in [1.54, 1.807) is 0 Å². The van der Waals surface area contributed by atoms with Crippen molar-refractivity contribution in [2.45, 2.75) is 12.5 Å². The zero-order valence-electron chi connectivity index (χ0n) is 9.62. The average molecular weight is 290 g/mol. The first-order valence-electron chi connectivity index (χ1n) is 5.45.